The van der Waals surface area contributed by atoms with Gasteiger partial charge < -0.3 is 10.1 Å². The molecule has 1 aromatic rings. The molecule has 0 aromatic heterocycles. The van der Waals surface area contributed by atoms with E-state index in [0.29, 0.717) is 11.1 Å². The van der Waals surface area contributed by atoms with Crippen molar-refractivity contribution in [3.8, 4) is 5.75 Å². The lowest BCUT2D eigenvalue weighted by Gasteiger charge is -2.25. The molecule has 0 saturated heterocycles. The zero-order valence-electron chi connectivity index (χ0n) is 13.8. The maximum atomic E-state index is 14.4. The first-order valence-corrected chi connectivity index (χ1v) is 7.13. The minimum atomic E-state index is -4.51. The second kappa shape index (κ2) is 6.76. The maximum Gasteiger partial charge on any atom is 0.405 e. The fourth-order valence-electron chi connectivity index (χ4n) is 1.92. The molecule has 1 atom stereocenters. The third kappa shape index (κ3) is 5.41. The van der Waals surface area contributed by atoms with Crippen LogP contribution < -0.4 is 10.1 Å². The van der Waals surface area contributed by atoms with E-state index in [0.717, 1.165) is 0 Å². The molecule has 1 amide bonds. The van der Waals surface area contributed by atoms with Crippen LogP contribution in [0.1, 0.15) is 38.8 Å². The number of halogens is 4. The average Bonchev–Trinajstić information content (AvgIpc) is 2.38. The Hall–Kier alpha value is -1.79. The molecule has 0 bridgehead atoms. The molecule has 1 N–H and O–H groups in total. The van der Waals surface area contributed by atoms with E-state index in [1.165, 1.54) is 6.92 Å². The van der Waals surface area contributed by atoms with Crippen LogP contribution in [-0.4, -0.2) is 24.7 Å². The molecule has 0 saturated carbocycles. The number of alkyl halides is 3. The zero-order chi connectivity index (χ0) is 18.0. The molecule has 0 fully saturated rings. The predicted molar refractivity (Wildman–Crippen MR) is 79.0 cm³/mol. The average molecular weight is 335 g/mol. The van der Waals surface area contributed by atoms with Crippen molar-refractivity contribution in [1.29, 1.82) is 0 Å². The number of ether oxygens (including phenoxy) is 1. The summed E-state index contributed by atoms with van der Waals surface area (Å²) < 4.78 is 56.1. The Morgan fingerprint density at radius 1 is 1.26 bits per heavy atom. The number of rotatable bonds is 4. The fourth-order valence-corrected chi connectivity index (χ4v) is 1.92. The Balaban J connectivity index is 2.99. The summed E-state index contributed by atoms with van der Waals surface area (Å²) in [5.41, 5.74) is 0.415. The highest BCUT2D eigenvalue weighted by Crippen LogP contribution is 2.35. The molecule has 7 heteroatoms. The van der Waals surface area contributed by atoms with Crippen molar-refractivity contribution in [3.05, 3.63) is 29.1 Å². The number of hydrogen-bond donors (Lipinski definition) is 1. The number of amides is 1. The predicted octanol–water partition coefficient (Wildman–Crippen LogP) is 3.88. The third-order valence-electron chi connectivity index (χ3n) is 3.23. The van der Waals surface area contributed by atoms with Crippen LogP contribution >= 0.6 is 0 Å². The molecule has 0 radical (unpaired) electrons. The highest BCUT2D eigenvalue weighted by Gasteiger charge is 2.30. The van der Waals surface area contributed by atoms with E-state index in [2.05, 4.69) is 0 Å². The molecule has 0 aliphatic carbocycles. The lowest BCUT2D eigenvalue weighted by molar-refractivity contribution is -0.142. The van der Waals surface area contributed by atoms with E-state index in [4.69, 9.17) is 4.74 Å². The second-order valence-electron chi connectivity index (χ2n) is 6.42. The fraction of sp³-hybridized carbons (Fsp3) is 0.562. The number of nitrogens with one attached hydrogen (secondary N) is 1. The van der Waals surface area contributed by atoms with Crippen LogP contribution in [0.3, 0.4) is 0 Å². The monoisotopic (exact) mass is 335 g/mol. The number of carbonyl (C=O) groups is 1. The van der Waals surface area contributed by atoms with Crippen LogP contribution in [0.15, 0.2) is 12.1 Å². The first kappa shape index (κ1) is 19.3. The van der Waals surface area contributed by atoms with Gasteiger partial charge in [0, 0.05) is 5.56 Å². The van der Waals surface area contributed by atoms with Gasteiger partial charge in [-0.25, -0.2) is 4.39 Å². The van der Waals surface area contributed by atoms with Gasteiger partial charge in [0.05, 0.1) is 0 Å². The van der Waals surface area contributed by atoms with E-state index in [1.54, 1.807) is 24.4 Å². The van der Waals surface area contributed by atoms with E-state index >= 15 is 0 Å². The summed E-state index contributed by atoms with van der Waals surface area (Å²) in [5.74, 6) is -1.68. The first-order valence-electron chi connectivity index (χ1n) is 7.13. The van der Waals surface area contributed by atoms with Crippen molar-refractivity contribution >= 4 is 5.91 Å². The standard InChI is InChI=1S/C16H21F4NO2/c1-9-6-7-11(15(3,4)5)13(12(9)17)23-10(2)14(22)21-8-16(18,19)20/h6-7,10H,8H2,1-5H3,(H,21,22). The molecule has 1 aromatic carbocycles. The molecule has 130 valence electrons. The maximum absolute atomic E-state index is 14.4. The van der Waals surface area contributed by atoms with Crippen molar-refractivity contribution < 1.29 is 27.1 Å². The van der Waals surface area contributed by atoms with E-state index in [-0.39, 0.29) is 5.75 Å². The third-order valence-corrected chi connectivity index (χ3v) is 3.23. The molecule has 23 heavy (non-hydrogen) atoms. The zero-order valence-corrected chi connectivity index (χ0v) is 13.8. The lowest BCUT2D eigenvalue weighted by atomic mass is 9.85. The molecule has 0 aliphatic rings. The Kier molecular flexibility index (Phi) is 5.66. The summed E-state index contributed by atoms with van der Waals surface area (Å²) in [7, 11) is 0. The van der Waals surface area contributed by atoms with Crippen LogP contribution in [0, 0.1) is 12.7 Å². The van der Waals surface area contributed by atoms with Crippen molar-refractivity contribution in [1.82, 2.24) is 5.32 Å². The van der Waals surface area contributed by atoms with Crippen LogP contribution in [0.4, 0.5) is 17.6 Å². The van der Waals surface area contributed by atoms with Crippen LogP contribution in [0.25, 0.3) is 0 Å². The quantitative estimate of drug-likeness (QED) is 0.848. The van der Waals surface area contributed by atoms with Gasteiger partial charge in [0.25, 0.3) is 5.91 Å². The van der Waals surface area contributed by atoms with Crippen LogP contribution in [0.2, 0.25) is 0 Å². The topological polar surface area (TPSA) is 38.3 Å². The summed E-state index contributed by atoms with van der Waals surface area (Å²) in [4.78, 5) is 11.7. The van der Waals surface area contributed by atoms with Crippen LogP contribution in [-0.2, 0) is 10.2 Å². The SMILES string of the molecule is Cc1ccc(C(C)(C)C)c(OC(C)C(=O)NCC(F)(F)F)c1F. The molecule has 3 nitrogen and oxygen atoms in total. The Morgan fingerprint density at radius 2 is 1.83 bits per heavy atom. The Bertz CT molecular complexity index is 577. The summed E-state index contributed by atoms with van der Waals surface area (Å²) in [5, 5.41) is 1.72. The van der Waals surface area contributed by atoms with E-state index in [1.807, 2.05) is 20.8 Å². The Labute approximate surface area is 133 Å². The number of carbonyl (C=O) groups excluding carboxylic acids is 1. The van der Waals surface area contributed by atoms with E-state index < -0.39 is 36.0 Å². The summed E-state index contributed by atoms with van der Waals surface area (Å²) in [6, 6.07) is 3.28. The summed E-state index contributed by atoms with van der Waals surface area (Å²) in [6.07, 6.45) is -5.77. The minimum absolute atomic E-state index is 0.104. The van der Waals surface area contributed by atoms with Crippen LogP contribution in [0.5, 0.6) is 5.75 Å². The second-order valence-corrected chi connectivity index (χ2v) is 6.42. The van der Waals surface area contributed by atoms with Crippen molar-refractivity contribution in [2.75, 3.05) is 6.54 Å². The van der Waals surface area contributed by atoms with Crippen molar-refractivity contribution in [2.45, 2.75) is 52.3 Å². The molecule has 0 spiro atoms. The summed E-state index contributed by atoms with van der Waals surface area (Å²) >= 11 is 0. The first-order chi connectivity index (χ1) is 10.3. The van der Waals surface area contributed by atoms with Gasteiger partial charge >= 0.3 is 6.18 Å². The lowest BCUT2D eigenvalue weighted by Crippen LogP contribution is -2.41. The van der Waals surface area contributed by atoms with Gasteiger partial charge in [-0.2, -0.15) is 13.2 Å². The summed E-state index contributed by atoms with van der Waals surface area (Å²) in [6.45, 7) is 6.90. The molecule has 1 rings (SSSR count). The van der Waals surface area contributed by atoms with Gasteiger partial charge in [-0.3, -0.25) is 4.79 Å². The smallest absolute Gasteiger partial charge is 0.405 e. The molecule has 1 unspecified atom stereocenters. The largest absolute Gasteiger partial charge is 0.478 e. The molecule has 0 aliphatic heterocycles. The van der Waals surface area contributed by atoms with Gasteiger partial charge in [0.1, 0.15) is 6.54 Å². The van der Waals surface area contributed by atoms with Gasteiger partial charge in [-0.05, 0) is 24.8 Å². The highest BCUT2D eigenvalue weighted by molar-refractivity contribution is 5.80. The van der Waals surface area contributed by atoms with Crippen molar-refractivity contribution in [3.63, 3.8) is 0 Å². The minimum Gasteiger partial charge on any atom is -0.478 e. The number of hydrogen-bond acceptors (Lipinski definition) is 2. The molecule has 0 heterocycles. The van der Waals surface area contributed by atoms with Crippen molar-refractivity contribution in [2.24, 2.45) is 0 Å². The number of aryl methyl sites for hydroxylation is 1. The van der Waals surface area contributed by atoms with Gasteiger partial charge in [0.2, 0.25) is 0 Å². The molecular weight excluding hydrogens is 314 g/mol. The van der Waals surface area contributed by atoms with E-state index in [9.17, 15) is 22.4 Å². The Morgan fingerprint density at radius 3 is 2.30 bits per heavy atom. The van der Waals surface area contributed by atoms with Gasteiger partial charge in [-0.1, -0.05) is 32.9 Å². The molecular formula is C16H21F4NO2. The van der Waals surface area contributed by atoms with Gasteiger partial charge in [0.15, 0.2) is 17.7 Å². The normalized spacial score (nSPS) is 13.6. The highest BCUT2D eigenvalue weighted by atomic mass is 19.4. The number of benzene rings is 1. The van der Waals surface area contributed by atoms with Gasteiger partial charge in [-0.15, -0.1) is 0 Å².